The van der Waals surface area contributed by atoms with E-state index in [0.717, 1.165) is 57.8 Å². The molecule has 4 rings (SSSR count). The van der Waals surface area contributed by atoms with Crippen molar-refractivity contribution < 1.29 is 0 Å². The van der Waals surface area contributed by atoms with Gasteiger partial charge in [0.15, 0.2) is 5.11 Å². The Bertz CT molecular complexity index is 1070. The molecular weight excluding hydrogens is 426 g/mol. The number of hydrogen-bond acceptors (Lipinski definition) is 3. The van der Waals surface area contributed by atoms with E-state index in [0.29, 0.717) is 11.0 Å². The molecule has 2 heterocycles. The zero-order chi connectivity index (χ0) is 23.2. The molecule has 3 N–H and O–H groups in total. The second-order valence-corrected chi connectivity index (χ2v) is 9.91. The van der Waals surface area contributed by atoms with Crippen LogP contribution in [0.25, 0.3) is 10.9 Å². The quantitative estimate of drug-likeness (QED) is 0.426. The number of aromatic amines is 1. The van der Waals surface area contributed by atoms with E-state index in [-0.39, 0.29) is 0 Å². The molecule has 6 heteroatoms. The molecule has 1 saturated heterocycles. The predicted molar refractivity (Wildman–Crippen MR) is 144 cm³/mol. The molecular formula is C27H37N5S. The van der Waals surface area contributed by atoms with Crippen LogP contribution >= 0.6 is 12.2 Å². The largest absolute Gasteiger partial charge is 0.361 e. The molecule has 1 fully saturated rings. The number of thiocarbonyl (C=S) groups is 1. The lowest BCUT2D eigenvalue weighted by molar-refractivity contribution is 0.156. The SMILES string of the molecule is CC(C)c1cc(CCc2c[nH]c3ccccc23)cc(NC(=S)NCCN2CCN(C)CC2)c1. The topological polar surface area (TPSA) is 46.3 Å². The lowest BCUT2D eigenvalue weighted by Gasteiger charge is -2.32. The van der Waals surface area contributed by atoms with Gasteiger partial charge in [-0.25, -0.2) is 0 Å². The third-order valence-electron chi connectivity index (χ3n) is 6.61. The molecule has 176 valence electrons. The molecule has 5 nitrogen and oxygen atoms in total. The summed E-state index contributed by atoms with van der Waals surface area (Å²) in [6.45, 7) is 10.9. The fourth-order valence-corrected chi connectivity index (χ4v) is 4.68. The Balaban J connectivity index is 1.34. The summed E-state index contributed by atoms with van der Waals surface area (Å²) >= 11 is 5.60. The van der Waals surface area contributed by atoms with Gasteiger partial charge < -0.3 is 20.5 Å². The van der Waals surface area contributed by atoms with Crippen molar-refractivity contribution in [3.05, 3.63) is 65.4 Å². The van der Waals surface area contributed by atoms with Crippen LogP contribution in [-0.4, -0.2) is 66.2 Å². The summed E-state index contributed by atoms with van der Waals surface area (Å²) < 4.78 is 0. The van der Waals surface area contributed by atoms with Crippen molar-refractivity contribution in [2.24, 2.45) is 0 Å². The maximum Gasteiger partial charge on any atom is 0.170 e. The fraction of sp³-hybridized carbons (Fsp3) is 0.444. The van der Waals surface area contributed by atoms with Crippen molar-refractivity contribution in [3.63, 3.8) is 0 Å². The van der Waals surface area contributed by atoms with Crippen LogP contribution in [0.4, 0.5) is 5.69 Å². The highest BCUT2D eigenvalue weighted by molar-refractivity contribution is 7.80. The molecule has 0 radical (unpaired) electrons. The lowest BCUT2D eigenvalue weighted by Crippen LogP contribution is -2.47. The normalized spacial score (nSPS) is 15.3. The van der Waals surface area contributed by atoms with E-state index in [1.165, 1.54) is 27.6 Å². The Labute approximate surface area is 203 Å². The number of benzene rings is 2. The Morgan fingerprint density at radius 1 is 1.06 bits per heavy atom. The molecule has 1 aliphatic heterocycles. The van der Waals surface area contributed by atoms with E-state index in [4.69, 9.17) is 12.2 Å². The van der Waals surface area contributed by atoms with Crippen molar-refractivity contribution >= 4 is 33.9 Å². The number of piperazine rings is 1. The summed E-state index contributed by atoms with van der Waals surface area (Å²) in [7, 11) is 2.19. The summed E-state index contributed by atoms with van der Waals surface area (Å²) in [5.41, 5.74) is 6.34. The second kappa shape index (κ2) is 11.1. The minimum atomic E-state index is 0.470. The summed E-state index contributed by atoms with van der Waals surface area (Å²) in [5, 5.41) is 8.85. The molecule has 0 atom stereocenters. The summed E-state index contributed by atoms with van der Waals surface area (Å²) in [6, 6.07) is 15.3. The van der Waals surface area contributed by atoms with E-state index in [9.17, 15) is 0 Å². The van der Waals surface area contributed by atoms with Gasteiger partial charge in [0, 0.05) is 62.1 Å². The first-order valence-electron chi connectivity index (χ1n) is 12.1. The van der Waals surface area contributed by atoms with E-state index in [2.05, 4.69) is 95.0 Å². The predicted octanol–water partition coefficient (Wildman–Crippen LogP) is 4.61. The van der Waals surface area contributed by atoms with Gasteiger partial charge in [-0.3, -0.25) is 4.90 Å². The molecule has 0 amide bonds. The zero-order valence-corrected chi connectivity index (χ0v) is 21.0. The standard InChI is InChI=1S/C27H37N5S/c1-20(2)23-16-21(8-9-22-19-29-26-7-5-4-6-25(22)26)17-24(18-23)30-27(33)28-10-11-32-14-12-31(3)13-15-32/h4-7,16-20,29H,8-15H2,1-3H3,(H2,28,30,33). The summed E-state index contributed by atoms with van der Waals surface area (Å²) in [6.07, 6.45) is 4.16. The van der Waals surface area contributed by atoms with Crippen LogP contribution in [0, 0.1) is 0 Å². The number of aromatic nitrogens is 1. The van der Waals surface area contributed by atoms with Crippen molar-refractivity contribution in [3.8, 4) is 0 Å². The number of nitrogens with zero attached hydrogens (tertiary/aromatic N) is 2. The minimum absolute atomic E-state index is 0.470. The molecule has 2 aromatic carbocycles. The number of anilines is 1. The van der Waals surface area contributed by atoms with E-state index < -0.39 is 0 Å². The molecule has 0 spiro atoms. The number of para-hydroxylation sites is 1. The van der Waals surface area contributed by atoms with Crippen molar-refractivity contribution in [1.29, 1.82) is 0 Å². The average Bonchev–Trinajstić information content (AvgIpc) is 3.22. The summed E-state index contributed by atoms with van der Waals surface area (Å²) in [5.74, 6) is 0.470. The van der Waals surface area contributed by atoms with E-state index >= 15 is 0 Å². The number of fused-ring (bicyclic) bond motifs is 1. The van der Waals surface area contributed by atoms with Crippen LogP contribution in [0.2, 0.25) is 0 Å². The number of rotatable bonds is 8. The van der Waals surface area contributed by atoms with Crippen LogP contribution in [-0.2, 0) is 12.8 Å². The van der Waals surface area contributed by atoms with Gasteiger partial charge in [-0.2, -0.15) is 0 Å². The highest BCUT2D eigenvalue weighted by atomic mass is 32.1. The Kier molecular flexibility index (Phi) is 8.02. The number of hydrogen-bond donors (Lipinski definition) is 3. The van der Waals surface area contributed by atoms with Gasteiger partial charge in [-0.1, -0.05) is 38.1 Å². The third kappa shape index (κ3) is 6.56. The van der Waals surface area contributed by atoms with Crippen LogP contribution in [0.3, 0.4) is 0 Å². The fourth-order valence-electron chi connectivity index (χ4n) is 4.46. The molecule has 0 aliphatic carbocycles. The first-order valence-corrected chi connectivity index (χ1v) is 12.5. The zero-order valence-electron chi connectivity index (χ0n) is 20.2. The highest BCUT2D eigenvalue weighted by Crippen LogP contribution is 2.24. The van der Waals surface area contributed by atoms with Gasteiger partial charge in [-0.15, -0.1) is 0 Å². The molecule has 0 saturated carbocycles. The number of aryl methyl sites for hydroxylation is 2. The molecule has 0 bridgehead atoms. The van der Waals surface area contributed by atoms with Gasteiger partial charge >= 0.3 is 0 Å². The number of H-pyrrole nitrogens is 1. The number of likely N-dealkylation sites (N-methyl/N-ethyl adjacent to an activating group) is 1. The first-order chi connectivity index (χ1) is 16.0. The molecule has 33 heavy (non-hydrogen) atoms. The third-order valence-corrected chi connectivity index (χ3v) is 6.85. The Morgan fingerprint density at radius 2 is 1.85 bits per heavy atom. The van der Waals surface area contributed by atoms with Gasteiger partial charge in [0.05, 0.1) is 0 Å². The molecule has 1 aromatic heterocycles. The Hall–Kier alpha value is -2.41. The van der Waals surface area contributed by atoms with Crippen LogP contribution in [0.1, 0.15) is 36.5 Å². The molecule has 0 unspecified atom stereocenters. The van der Waals surface area contributed by atoms with E-state index in [1.54, 1.807) is 0 Å². The van der Waals surface area contributed by atoms with Crippen LogP contribution in [0.15, 0.2) is 48.7 Å². The van der Waals surface area contributed by atoms with Gasteiger partial charge in [-0.05, 0) is 72.9 Å². The monoisotopic (exact) mass is 463 g/mol. The first kappa shape index (κ1) is 23.7. The molecule has 1 aliphatic rings. The van der Waals surface area contributed by atoms with Crippen LogP contribution in [0.5, 0.6) is 0 Å². The maximum atomic E-state index is 5.60. The van der Waals surface area contributed by atoms with E-state index in [1.807, 2.05) is 0 Å². The highest BCUT2D eigenvalue weighted by Gasteiger charge is 2.13. The van der Waals surface area contributed by atoms with Crippen molar-refractivity contribution in [2.75, 3.05) is 51.6 Å². The van der Waals surface area contributed by atoms with Crippen molar-refractivity contribution in [1.82, 2.24) is 20.1 Å². The minimum Gasteiger partial charge on any atom is -0.361 e. The van der Waals surface area contributed by atoms with Gasteiger partial charge in [0.2, 0.25) is 0 Å². The summed E-state index contributed by atoms with van der Waals surface area (Å²) in [4.78, 5) is 8.27. The number of nitrogens with one attached hydrogen (secondary N) is 3. The average molecular weight is 464 g/mol. The van der Waals surface area contributed by atoms with Crippen molar-refractivity contribution in [2.45, 2.75) is 32.6 Å². The maximum absolute atomic E-state index is 5.60. The lowest BCUT2D eigenvalue weighted by atomic mass is 9.96. The van der Waals surface area contributed by atoms with Gasteiger partial charge in [0.25, 0.3) is 0 Å². The van der Waals surface area contributed by atoms with Crippen LogP contribution < -0.4 is 10.6 Å². The van der Waals surface area contributed by atoms with Gasteiger partial charge in [0.1, 0.15) is 0 Å². The molecule has 3 aromatic rings. The smallest absolute Gasteiger partial charge is 0.170 e. The Morgan fingerprint density at radius 3 is 2.64 bits per heavy atom. The second-order valence-electron chi connectivity index (χ2n) is 9.50.